The minimum atomic E-state index is 0.646. The molecule has 11 heavy (non-hydrogen) atoms. The van der Waals surface area contributed by atoms with Gasteiger partial charge in [0, 0.05) is 13.2 Å². The smallest absolute Gasteiger partial charge is 0.0471 e. The van der Waals surface area contributed by atoms with Crippen LogP contribution in [0, 0.1) is 5.41 Å². The van der Waals surface area contributed by atoms with Crippen molar-refractivity contribution in [3.63, 3.8) is 0 Å². The molecule has 0 aromatic carbocycles. The molecule has 1 aliphatic heterocycles. The molecule has 66 valence electrons. The van der Waals surface area contributed by atoms with Gasteiger partial charge in [-0.3, -0.25) is 0 Å². The van der Waals surface area contributed by atoms with Crippen LogP contribution in [0.3, 0.4) is 0 Å². The molecule has 1 nitrogen and oxygen atoms in total. The van der Waals surface area contributed by atoms with Crippen LogP contribution in [0.5, 0.6) is 0 Å². The van der Waals surface area contributed by atoms with E-state index in [9.17, 15) is 0 Å². The van der Waals surface area contributed by atoms with Gasteiger partial charge in [-0.1, -0.05) is 26.7 Å². The zero-order chi connectivity index (χ0) is 8.16. The largest absolute Gasteiger partial charge is 0.381 e. The predicted molar refractivity (Wildman–Crippen MR) is 47.7 cm³/mol. The van der Waals surface area contributed by atoms with Crippen molar-refractivity contribution in [1.29, 1.82) is 0 Å². The Morgan fingerprint density at radius 3 is 2.27 bits per heavy atom. The van der Waals surface area contributed by atoms with Gasteiger partial charge in [-0.2, -0.15) is 0 Å². The van der Waals surface area contributed by atoms with E-state index in [1.54, 1.807) is 0 Å². The normalized spacial score (nSPS) is 23.5. The second kappa shape index (κ2) is 4.10. The molecule has 0 aromatic rings. The molecule has 1 saturated heterocycles. The molecular weight excluding hydrogens is 136 g/mol. The second-order valence-corrected chi connectivity index (χ2v) is 3.72. The zero-order valence-corrected chi connectivity index (χ0v) is 7.86. The Morgan fingerprint density at radius 2 is 1.82 bits per heavy atom. The van der Waals surface area contributed by atoms with E-state index in [1.807, 2.05) is 0 Å². The average Bonchev–Trinajstić information content (AvgIpc) is 2.07. The highest BCUT2D eigenvalue weighted by atomic mass is 16.5. The van der Waals surface area contributed by atoms with Gasteiger partial charge >= 0.3 is 0 Å². The van der Waals surface area contributed by atoms with E-state index in [4.69, 9.17) is 4.74 Å². The van der Waals surface area contributed by atoms with E-state index >= 15 is 0 Å². The van der Waals surface area contributed by atoms with Crippen LogP contribution in [0.25, 0.3) is 0 Å². The molecule has 0 unspecified atom stereocenters. The monoisotopic (exact) mass is 156 g/mol. The van der Waals surface area contributed by atoms with Gasteiger partial charge in [0.15, 0.2) is 0 Å². The molecule has 0 N–H and O–H groups in total. The minimum Gasteiger partial charge on any atom is -0.381 e. The van der Waals surface area contributed by atoms with E-state index in [0.717, 1.165) is 13.2 Å². The van der Waals surface area contributed by atoms with Crippen LogP contribution in [0.4, 0.5) is 0 Å². The van der Waals surface area contributed by atoms with Crippen LogP contribution in [0.15, 0.2) is 0 Å². The van der Waals surface area contributed by atoms with Gasteiger partial charge in [0.25, 0.3) is 0 Å². The van der Waals surface area contributed by atoms with E-state index in [1.165, 1.54) is 32.1 Å². The summed E-state index contributed by atoms with van der Waals surface area (Å²) in [5.74, 6) is 0. The zero-order valence-electron chi connectivity index (χ0n) is 7.86. The SMILES string of the molecule is CCCC1(CC)CCOCC1. The molecule has 0 spiro atoms. The molecule has 0 atom stereocenters. The summed E-state index contributed by atoms with van der Waals surface area (Å²) in [4.78, 5) is 0. The third-order valence-electron chi connectivity index (χ3n) is 3.08. The number of hydrogen-bond donors (Lipinski definition) is 0. The second-order valence-electron chi connectivity index (χ2n) is 3.72. The van der Waals surface area contributed by atoms with Crippen LogP contribution < -0.4 is 0 Å². The number of rotatable bonds is 3. The maximum absolute atomic E-state index is 5.37. The van der Waals surface area contributed by atoms with Crippen molar-refractivity contribution >= 4 is 0 Å². The molecule has 0 aromatic heterocycles. The third-order valence-corrected chi connectivity index (χ3v) is 3.08. The topological polar surface area (TPSA) is 9.23 Å². The molecule has 0 saturated carbocycles. The summed E-state index contributed by atoms with van der Waals surface area (Å²) in [6, 6.07) is 0. The highest BCUT2D eigenvalue weighted by Crippen LogP contribution is 2.38. The number of ether oxygens (including phenoxy) is 1. The molecule has 0 amide bonds. The van der Waals surface area contributed by atoms with Crippen LogP contribution in [0.2, 0.25) is 0 Å². The number of hydrogen-bond acceptors (Lipinski definition) is 1. The van der Waals surface area contributed by atoms with Crippen molar-refractivity contribution in [2.75, 3.05) is 13.2 Å². The average molecular weight is 156 g/mol. The summed E-state index contributed by atoms with van der Waals surface area (Å²) in [5.41, 5.74) is 0.646. The standard InChI is InChI=1S/C10H20O/c1-3-5-10(4-2)6-8-11-9-7-10/h3-9H2,1-2H3. The predicted octanol–water partition coefficient (Wildman–Crippen LogP) is 2.99. The Hall–Kier alpha value is -0.0400. The highest BCUT2D eigenvalue weighted by Gasteiger charge is 2.29. The summed E-state index contributed by atoms with van der Waals surface area (Å²) in [7, 11) is 0. The van der Waals surface area contributed by atoms with Gasteiger partial charge < -0.3 is 4.74 Å². The Kier molecular flexibility index (Phi) is 3.38. The maximum Gasteiger partial charge on any atom is 0.0471 e. The first kappa shape index (κ1) is 9.05. The van der Waals surface area contributed by atoms with Crippen molar-refractivity contribution in [1.82, 2.24) is 0 Å². The van der Waals surface area contributed by atoms with Gasteiger partial charge in [-0.25, -0.2) is 0 Å². The van der Waals surface area contributed by atoms with Crippen LogP contribution >= 0.6 is 0 Å². The van der Waals surface area contributed by atoms with Gasteiger partial charge in [-0.15, -0.1) is 0 Å². The Balaban J connectivity index is 2.42. The molecule has 1 fully saturated rings. The molecule has 1 rings (SSSR count). The first-order chi connectivity index (χ1) is 5.33. The van der Waals surface area contributed by atoms with E-state index in [0.29, 0.717) is 5.41 Å². The van der Waals surface area contributed by atoms with E-state index in [2.05, 4.69) is 13.8 Å². The quantitative estimate of drug-likeness (QED) is 0.610. The van der Waals surface area contributed by atoms with Gasteiger partial charge in [0.1, 0.15) is 0 Å². The molecule has 0 radical (unpaired) electrons. The summed E-state index contributed by atoms with van der Waals surface area (Å²) < 4.78 is 5.37. The van der Waals surface area contributed by atoms with Crippen molar-refractivity contribution in [2.45, 2.75) is 46.0 Å². The van der Waals surface area contributed by atoms with Crippen molar-refractivity contribution in [3.8, 4) is 0 Å². The van der Waals surface area contributed by atoms with Crippen molar-refractivity contribution in [3.05, 3.63) is 0 Å². The summed E-state index contributed by atoms with van der Waals surface area (Å²) >= 11 is 0. The Labute approximate surface area is 70.1 Å². The fourth-order valence-corrected chi connectivity index (χ4v) is 2.12. The summed E-state index contributed by atoms with van der Waals surface area (Å²) in [5, 5.41) is 0. The van der Waals surface area contributed by atoms with Crippen LogP contribution in [-0.2, 0) is 4.74 Å². The fraction of sp³-hybridized carbons (Fsp3) is 1.00. The Morgan fingerprint density at radius 1 is 1.18 bits per heavy atom. The van der Waals surface area contributed by atoms with Crippen molar-refractivity contribution < 1.29 is 4.74 Å². The molecule has 1 heterocycles. The first-order valence-corrected chi connectivity index (χ1v) is 4.91. The van der Waals surface area contributed by atoms with E-state index in [-0.39, 0.29) is 0 Å². The Bertz CT molecular complexity index is 97.9. The highest BCUT2D eigenvalue weighted by molar-refractivity contribution is 4.79. The molecule has 1 heteroatoms. The van der Waals surface area contributed by atoms with Crippen LogP contribution in [-0.4, -0.2) is 13.2 Å². The summed E-state index contributed by atoms with van der Waals surface area (Å²) in [6.45, 7) is 6.59. The third kappa shape index (κ3) is 2.19. The lowest BCUT2D eigenvalue weighted by molar-refractivity contribution is 0.00770. The van der Waals surface area contributed by atoms with Crippen LogP contribution in [0.1, 0.15) is 46.0 Å². The fourth-order valence-electron chi connectivity index (χ4n) is 2.12. The van der Waals surface area contributed by atoms with Gasteiger partial charge in [0.2, 0.25) is 0 Å². The lowest BCUT2D eigenvalue weighted by Gasteiger charge is -2.36. The molecule has 1 aliphatic rings. The lowest BCUT2D eigenvalue weighted by Crippen LogP contribution is -2.28. The molecule has 0 aliphatic carbocycles. The van der Waals surface area contributed by atoms with Gasteiger partial charge in [0.05, 0.1) is 0 Å². The lowest BCUT2D eigenvalue weighted by atomic mass is 9.74. The minimum absolute atomic E-state index is 0.646. The molecule has 0 bridgehead atoms. The van der Waals surface area contributed by atoms with Gasteiger partial charge in [-0.05, 0) is 24.7 Å². The maximum atomic E-state index is 5.37. The van der Waals surface area contributed by atoms with Crippen molar-refractivity contribution in [2.24, 2.45) is 5.41 Å². The summed E-state index contributed by atoms with van der Waals surface area (Å²) in [6.07, 6.45) is 6.64. The first-order valence-electron chi connectivity index (χ1n) is 4.91. The molecular formula is C10H20O. The van der Waals surface area contributed by atoms with E-state index < -0.39 is 0 Å².